The molecule has 3 heterocycles. The van der Waals surface area contributed by atoms with E-state index in [1.54, 1.807) is 0 Å². The fraction of sp³-hybridized carbons (Fsp3) is 0.462. The van der Waals surface area contributed by atoms with Gasteiger partial charge in [-0.25, -0.2) is 4.98 Å². The number of carbonyl (C=O) groups excluding carboxylic acids is 1. The lowest BCUT2D eigenvalue weighted by atomic mass is 9.69. The number of aromatic nitrogens is 2. The van der Waals surface area contributed by atoms with Crippen LogP contribution in [0.4, 0.5) is 0 Å². The summed E-state index contributed by atoms with van der Waals surface area (Å²) in [6.45, 7) is 3.75. The highest BCUT2D eigenvalue weighted by atomic mass is 35.5. The van der Waals surface area contributed by atoms with Crippen molar-refractivity contribution >= 4 is 23.2 Å². The second-order valence-electron chi connectivity index (χ2n) is 9.39. The molecular weight excluding hydrogens is 420 g/mol. The number of hydrogen-bond acceptors (Lipinski definition) is 3. The van der Waals surface area contributed by atoms with Crippen LogP contribution in [-0.4, -0.2) is 39.8 Å². The van der Waals surface area contributed by atoms with Crippen LogP contribution in [0.3, 0.4) is 0 Å². The molecule has 1 amide bonds. The highest BCUT2D eigenvalue weighted by Gasteiger charge is 2.34. The number of fused-ring (bicyclic) bond motifs is 1. The van der Waals surface area contributed by atoms with Gasteiger partial charge in [0, 0.05) is 29.7 Å². The lowest BCUT2D eigenvalue weighted by Gasteiger charge is -2.38. The molecule has 2 aromatic heterocycles. The number of nitrogens with one attached hydrogen (secondary N) is 1. The van der Waals surface area contributed by atoms with Crippen LogP contribution in [0.5, 0.6) is 0 Å². The van der Waals surface area contributed by atoms with Crippen LogP contribution in [0.1, 0.15) is 66.7 Å². The Kier molecular flexibility index (Phi) is 6.20. The Morgan fingerprint density at radius 2 is 1.75 bits per heavy atom. The number of nitrogens with zero attached hydrogens (tertiary/aromatic N) is 3. The monoisotopic (exact) mass is 450 g/mol. The summed E-state index contributed by atoms with van der Waals surface area (Å²) in [7, 11) is 0. The maximum atomic E-state index is 13.3. The maximum Gasteiger partial charge on any atom is 0.268 e. The van der Waals surface area contributed by atoms with E-state index >= 15 is 0 Å². The topological polar surface area (TPSA) is 49.6 Å². The minimum atomic E-state index is -0.0420. The molecule has 1 aliphatic carbocycles. The van der Waals surface area contributed by atoms with E-state index in [0.717, 1.165) is 48.8 Å². The van der Waals surface area contributed by atoms with Gasteiger partial charge >= 0.3 is 0 Å². The second-order valence-corrected chi connectivity index (χ2v) is 9.82. The molecule has 2 aliphatic rings. The molecule has 6 heteroatoms. The summed E-state index contributed by atoms with van der Waals surface area (Å²) in [4.78, 5) is 20.5. The Hall–Kier alpha value is -2.37. The van der Waals surface area contributed by atoms with Crippen LogP contribution in [-0.2, 0) is 12.0 Å². The molecule has 1 aliphatic heterocycles. The SMILES string of the molecule is O=C(NCC1(c2ccc(Cl)cc2)CCCCC1)c1cccc2nc(CN3CCCC3)cn12. The van der Waals surface area contributed by atoms with Crippen LogP contribution in [0, 0.1) is 0 Å². The zero-order valence-corrected chi connectivity index (χ0v) is 19.3. The first-order valence-corrected chi connectivity index (χ1v) is 12.2. The van der Waals surface area contributed by atoms with Gasteiger partial charge in [-0.3, -0.25) is 14.1 Å². The predicted octanol–water partition coefficient (Wildman–Crippen LogP) is 5.22. The van der Waals surface area contributed by atoms with Gasteiger partial charge in [-0.05, 0) is 68.6 Å². The average molecular weight is 451 g/mol. The number of rotatable bonds is 6. The molecule has 32 heavy (non-hydrogen) atoms. The zero-order valence-electron chi connectivity index (χ0n) is 18.5. The van der Waals surface area contributed by atoms with Crippen LogP contribution in [0.25, 0.3) is 5.65 Å². The molecule has 0 unspecified atom stereocenters. The summed E-state index contributed by atoms with van der Waals surface area (Å²) < 4.78 is 1.94. The minimum absolute atomic E-state index is 0.0255. The lowest BCUT2D eigenvalue weighted by Crippen LogP contribution is -2.42. The van der Waals surface area contributed by atoms with Gasteiger partial charge in [-0.1, -0.05) is 49.1 Å². The summed E-state index contributed by atoms with van der Waals surface area (Å²) in [6, 6.07) is 14.0. The average Bonchev–Trinajstić information content (AvgIpc) is 3.48. The van der Waals surface area contributed by atoms with E-state index in [9.17, 15) is 4.79 Å². The molecule has 5 nitrogen and oxygen atoms in total. The van der Waals surface area contributed by atoms with Gasteiger partial charge < -0.3 is 5.32 Å². The fourth-order valence-corrected chi connectivity index (χ4v) is 5.56. The van der Waals surface area contributed by atoms with E-state index < -0.39 is 0 Å². The molecule has 1 saturated carbocycles. The van der Waals surface area contributed by atoms with Crippen molar-refractivity contribution in [2.45, 2.75) is 56.9 Å². The van der Waals surface area contributed by atoms with Crippen molar-refractivity contribution < 1.29 is 4.79 Å². The highest BCUT2D eigenvalue weighted by molar-refractivity contribution is 6.30. The molecule has 0 radical (unpaired) electrons. The molecule has 1 N–H and O–H groups in total. The van der Waals surface area contributed by atoms with E-state index in [4.69, 9.17) is 16.6 Å². The number of amides is 1. The summed E-state index contributed by atoms with van der Waals surface area (Å²) in [5.41, 5.74) is 3.75. The Morgan fingerprint density at radius 1 is 1.00 bits per heavy atom. The third kappa shape index (κ3) is 4.41. The molecule has 5 rings (SSSR count). The van der Waals surface area contributed by atoms with Crippen LogP contribution >= 0.6 is 11.6 Å². The highest BCUT2D eigenvalue weighted by Crippen LogP contribution is 2.39. The van der Waals surface area contributed by atoms with Gasteiger partial charge in [-0.15, -0.1) is 0 Å². The number of benzene rings is 1. The first kappa shape index (κ1) is 21.5. The molecule has 168 valence electrons. The van der Waals surface area contributed by atoms with Gasteiger partial charge in [0.2, 0.25) is 0 Å². The number of likely N-dealkylation sites (tertiary alicyclic amines) is 1. The van der Waals surface area contributed by atoms with Crippen molar-refractivity contribution in [3.63, 3.8) is 0 Å². The third-order valence-corrected chi connectivity index (χ3v) is 7.47. The van der Waals surface area contributed by atoms with E-state index in [-0.39, 0.29) is 11.3 Å². The van der Waals surface area contributed by atoms with Crippen molar-refractivity contribution in [3.8, 4) is 0 Å². The van der Waals surface area contributed by atoms with Gasteiger partial charge in [0.25, 0.3) is 5.91 Å². The summed E-state index contributed by atoms with van der Waals surface area (Å²) in [5.74, 6) is -0.0420. The molecule has 3 aromatic rings. The largest absolute Gasteiger partial charge is 0.350 e. The Balaban J connectivity index is 1.35. The van der Waals surface area contributed by atoms with Crippen molar-refractivity contribution in [2.75, 3.05) is 19.6 Å². The molecule has 1 aromatic carbocycles. The van der Waals surface area contributed by atoms with E-state index in [1.807, 2.05) is 40.9 Å². The second kappa shape index (κ2) is 9.24. The molecule has 0 spiro atoms. The van der Waals surface area contributed by atoms with Crippen LogP contribution < -0.4 is 5.32 Å². The molecule has 0 bridgehead atoms. The van der Waals surface area contributed by atoms with Gasteiger partial charge in [0.1, 0.15) is 11.3 Å². The summed E-state index contributed by atoms with van der Waals surface area (Å²) in [6.07, 6.45) is 10.4. The molecule has 0 atom stereocenters. The van der Waals surface area contributed by atoms with E-state index in [2.05, 4.69) is 22.3 Å². The number of hydrogen-bond donors (Lipinski definition) is 1. The van der Waals surface area contributed by atoms with Crippen molar-refractivity contribution in [3.05, 3.63) is 70.6 Å². The summed E-state index contributed by atoms with van der Waals surface area (Å²) in [5, 5.41) is 4.02. The number of imidazole rings is 1. The quantitative estimate of drug-likeness (QED) is 0.560. The number of halogens is 1. The number of carbonyl (C=O) groups is 1. The normalized spacial score (nSPS) is 18.8. The maximum absolute atomic E-state index is 13.3. The first-order chi connectivity index (χ1) is 15.6. The molecule has 2 fully saturated rings. The Morgan fingerprint density at radius 3 is 2.50 bits per heavy atom. The Bertz CT molecular complexity index is 1080. The van der Waals surface area contributed by atoms with E-state index in [1.165, 1.54) is 37.7 Å². The van der Waals surface area contributed by atoms with Crippen molar-refractivity contribution in [2.24, 2.45) is 0 Å². The zero-order chi connectivity index (χ0) is 22.0. The van der Waals surface area contributed by atoms with Gasteiger partial charge in [0.15, 0.2) is 0 Å². The number of pyridine rings is 1. The first-order valence-electron chi connectivity index (χ1n) is 11.9. The van der Waals surface area contributed by atoms with Gasteiger partial charge in [-0.2, -0.15) is 0 Å². The van der Waals surface area contributed by atoms with E-state index in [0.29, 0.717) is 12.2 Å². The minimum Gasteiger partial charge on any atom is -0.350 e. The van der Waals surface area contributed by atoms with Crippen LogP contribution in [0.2, 0.25) is 5.02 Å². The van der Waals surface area contributed by atoms with Gasteiger partial charge in [0.05, 0.1) is 5.69 Å². The third-order valence-electron chi connectivity index (χ3n) is 7.21. The van der Waals surface area contributed by atoms with Crippen molar-refractivity contribution in [1.82, 2.24) is 19.6 Å². The smallest absolute Gasteiger partial charge is 0.268 e. The van der Waals surface area contributed by atoms with Crippen LogP contribution in [0.15, 0.2) is 48.7 Å². The lowest BCUT2D eigenvalue weighted by molar-refractivity contribution is 0.0930. The van der Waals surface area contributed by atoms with Crippen molar-refractivity contribution in [1.29, 1.82) is 0 Å². The molecular formula is C26H31ClN4O. The Labute approximate surface area is 194 Å². The standard InChI is InChI=1S/C26H31ClN4O/c27-21-11-9-20(10-12-21)26(13-2-1-3-14-26)19-28-25(32)23-7-6-8-24-29-22(18-31(23)24)17-30-15-4-5-16-30/h6-12,18H,1-5,13-17,19H2,(H,28,32). The molecule has 1 saturated heterocycles. The summed E-state index contributed by atoms with van der Waals surface area (Å²) >= 11 is 6.13. The predicted molar refractivity (Wildman–Crippen MR) is 128 cm³/mol. The fourth-order valence-electron chi connectivity index (χ4n) is 5.43.